The predicted molar refractivity (Wildman–Crippen MR) is 138 cm³/mol. The molecule has 2 aliphatic heterocycles. The number of halogens is 2. The average molecular weight is 557 g/mol. The van der Waals surface area contributed by atoms with Gasteiger partial charge in [-0.05, 0) is 44.0 Å². The molecule has 3 aliphatic rings. The van der Waals surface area contributed by atoms with Crippen molar-refractivity contribution in [1.82, 2.24) is 19.9 Å². The number of alkyl halides is 2. The molecule has 1 aliphatic carbocycles. The Bertz CT molecular complexity index is 1520. The van der Waals surface area contributed by atoms with Crippen LogP contribution >= 0.6 is 0 Å². The number of pyridine rings is 3. The topological polar surface area (TPSA) is 137 Å². The molecule has 12 nitrogen and oxygen atoms in total. The van der Waals surface area contributed by atoms with E-state index in [0.29, 0.717) is 55.0 Å². The second-order valence-electron chi connectivity index (χ2n) is 9.81. The lowest BCUT2D eigenvalue weighted by Crippen LogP contribution is -2.46. The number of rotatable bonds is 8. The van der Waals surface area contributed by atoms with Crippen molar-refractivity contribution in [2.24, 2.45) is 0 Å². The van der Waals surface area contributed by atoms with Crippen LogP contribution in [0.5, 0.6) is 11.5 Å². The van der Waals surface area contributed by atoms with Crippen LogP contribution in [0.3, 0.4) is 0 Å². The molecule has 40 heavy (non-hydrogen) atoms. The SMILES string of the molecule is O=C1COc2ccc(N3C(=O)O[C@H]4C[C@@H](NCCCn5c(=O)ccc6ncc(OC(F)F)cc65)CC[C@@H]43)nc2N1. The molecule has 2 fully saturated rings. The molecule has 0 unspecified atom stereocenters. The molecule has 210 valence electrons. The van der Waals surface area contributed by atoms with Crippen molar-refractivity contribution in [3.8, 4) is 11.5 Å². The van der Waals surface area contributed by atoms with Crippen LogP contribution in [0.15, 0.2) is 41.3 Å². The minimum absolute atomic E-state index is 0.0774. The van der Waals surface area contributed by atoms with E-state index >= 15 is 0 Å². The second-order valence-corrected chi connectivity index (χ2v) is 9.81. The Kier molecular flexibility index (Phi) is 6.92. The molecule has 6 rings (SSSR count). The molecular weight excluding hydrogens is 530 g/mol. The van der Waals surface area contributed by atoms with Crippen LogP contribution in [0.2, 0.25) is 0 Å². The zero-order valence-corrected chi connectivity index (χ0v) is 21.2. The molecule has 3 aromatic heterocycles. The number of nitrogens with zero attached hydrogens (tertiary/aromatic N) is 4. The lowest BCUT2D eigenvalue weighted by Gasteiger charge is -2.33. The third-order valence-corrected chi connectivity index (χ3v) is 7.27. The lowest BCUT2D eigenvalue weighted by molar-refractivity contribution is -0.118. The number of fused-ring (bicyclic) bond motifs is 3. The molecule has 0 bridgehead atoms. The number of ether oxygens (including phenoxy) is 3. The number of aryl methyl sites for hydroxylation is 1. The lowest BCUT2D eigenvalue weighted by atomic mass is 9.88. The van der Waals surface area contributed by atoms with Gasteiger partial charge in [-0.3, -0.25) is 19.5 Å². The first kappa shape index (κ1) is 25.9. The largest absolute Gasteiger partial charge is 0.480 e. The smallest absolute Gasteiger partial charge is 0.416 e. The Morgan fingerprint density at radius 2 is 2.05 bits per heavy atom. The minimum Gasteiger partial charge on any atom is -0.480 e. The summed E-state index contributed by atoms with van der Waals surface area (Å²) in [6.07, 6.45) is 3.11. The van der Waals surface area contributed by atoms with E-state index < -0.39 is 12.7 Å². The van der Waals surface area contributed by atoms with E-state index in [1.807, 2.05) is 0 Å². The fourth-order valence-electron chi connectivity index (χ4n) is 5.48. The Labute approximate surface area is 226 Å². The van der Waals surface area contributed by atoms with Crippen molar-refractivity contribution in [1.29, 1.82) is 0 Å². The van der Waals surface area contributed by atoms with E-state index in [0.717, 1.165) is 6.42 Å². The van der Waals surface area contributed by atoms with Gasteiger partial charge in [0.15, 0.2) is 18.2 Å². The molecular formula is C26H26F2N6O6. The summed E-state index contributed by atoms with van der Waals surface area (Å²) in [5.41, 5.74) is 0.665. The number of hydrogen-bond donors (Lipinski definition) is 2. The molecule has 2 N–H and O–H groups in total. The van der Waals surface area contributed by atoms with Crippen LogP contribution in [0.1, 0.15) is 25.7 Å². The van der Waals surface area contributed by atoms with Crippen LogP contribution in [-0.2, 0) is 16.1 Å². The van der Waals surface area contributed by atoms with Gasteiger partial charge in [0.05, 0.1) is 23.3 Å². The Morgan fingerprint density at radius 3 is 2.90 bits per heavy atom. The van der Waals surface area contributed by atoms with Crippen LogP contribution in [0, 0.1) is 0 Å². The maximum absolute atomic E-state index is 12.8. The molecule has 3 aromatic rings. The van der Waals surface area contributed by atoms with Gasteiger partial charge < -0.3 is 29.4 Å². The summed E-state index contributed by atoms with van der Waals surface area (Å²) >= 11 is 0. The van der Waals surface area contributed by atoms with Crippen molar-refractivity contribution >= 4 is 34.7 Å². The predicted octanol–water partition coefficient (Wildman–Crippen LogP) is 2.65. The summed E-state index contributed by atoms with van der Waals surface area (Å²) in [7, 11) is 0. The van der Waals surface area contributed by atoms with E-state index in [1.54, 1.807) is 18.2 Å². The number of anilines is 2. The van der Waals surface area contributed by atoms with Crippen molar-refractivity contribution in [3.05, 3.63) is 46.9 Å². The van der Waals surface area contributed by atoms with Crippen molar-refractivity contribution in [3.63, 3.8) is 0 Å². The first-order valence-corrected chi connectivity index (χ1v) is 13.0. The van der Waals surface area contributed by atoms with E-state index in [1.165, 1.54) is 27.8 Å². The maximum Gasteiger partial charge on any atom is 0.416 e. The van der Waals surface area contributed by atoms with Gasteiger partial charge in [0, 0.05) is 31.1 Å². The van der Waals surface area contributed by atoms with Crippen LogP contribution in [-0.4, -0.2) is 64.5 Å². The fourth-order valence-corrected chi connectivity index (χ4v) is 5.48. The zero-order valence-electron chi connectivity index (χ0n) is 21.2. The summed E-state index contributed by atoms with van der Waals surface area (Å²) in [4.78, 5) is 47.0. The minimum atomic E-state index is -2.99. The monoisotopic (exact) mass is 556 g/mol. The van der Waals surface area contributed by atoms with Crippen molar-refractivity contribution in [2.45, 2.75) is 57.0 Å². The number of carbonyl (C=O) groups is 2. The van der Waals surface area contributed by atoms with Gasteiger partial charge in [0.2, 0.25) is 0 Å². The van der Waals surface area contributed by atoms with E-state index in [4.69, 9.17) is 9.47 Å². The van der Waals surface area contributed by atoms with Crippen LogP contribution in [0.25, 0.3) is 11.0 Å². The second kappa shape index (κ2) is 10.7. The standard InChI is InChI=1S/C26H26F2N6O6/c27-25(28)39-15-11-18-16(30-12-15)3-7-23(36)33(18)9-1-8-29-14-2-4-17-20(10-14)40-26(37)34(17)21-6-5-19-24(31-21)32-22(35)13-38-19/h3,5-7,11-12,14,17,20,25,29H,1-2,4,8-10,13H2,(H,31,32,35)/t14-,17-,20-/m0/s1. The van der Waals surface area contributed by atoms with E-state index in [9.17, 15) is 23.2 Å². The maximum atomic E-state index is 12.8. The third kappa shape index (κ3) is 5.13. The Hall–Kier alpha value is -4.33. The van der Waals surface area contributed by atoms with Crippen LogP contribution in [0.4, 0.5) is 25.2 Å². The third-order valence-electron chi connectivity index (χ3n) is 7.27. The number of carbonyl (C=O) groups excluding carboxylic acids is 2. The quantitative estimate of drug-likeness (QED) is 0.401. The molecule has 2 amide bonds. The number of amides is 2. The number of hydrogen-bond acceptors (Lipinski definition) is 9. The average Bonchev–Trinajstić information content (AvgIpc) is 3.26. The highest BCUT2D eigenvalue weighted by atomic mass is 19.3. The van der Waals surface area contributed by atoms with Gasteiger partial charge in [-0.15, -0.1) is 0 Å². The van der Waals surface area contributed by atoms with Gasteiger partial charge in [0.25, 0.3) is 11.5 Å². The summed E-state index contributed by atoms with van der Waals surface area (Å²) in [6, 6.07) is 7.62. The highest BCUT2D eigenvalue weighted by Crippen LogP contribution is 2.37. The highest BCUT2D eigenvalue weighted by Gasteiger charge is 2.46. The molecule has 0 radical (unpaired) electrons. The molecule has 1 saturated carbocycles. The van der Waals surface area contributed by atoms with E-state index in [2.05, 4.69) is 25.3 Å². The molecule has 0 spiro atoms. The van der Waals surface area contributed by atoms with Gasteiger partial charge >= 0.3 is 12.7 Å². The first-order valence-electron chi connectivity index (χ1n) is 13.0. The van der Waals surface area contributed by atoms with Gasteiger partial charge in [0.1, 0.15) is 17.7 Å². The van der Waals surface area contributed by atoms with E-state index in [-0.39, 0.29) is 47.8 Å². The zero-order chi connectivity index (χ0) is 27.8. The Balaban J connectivity index is 1.05. The molecule has 1 saturated heterocycles. The number of nitrogens with one attached hydrogen (secondary N) is 2. The Morgan fingerprint density at radius 1 is 1.18 bits per heavy atom. The first-order chi connectivity index (χ1) is 19.4. The summed E-state index contributed by atoms with van der Waals surface area (Å²) in [5, 5.41) is 6.14. The summed E-state index contributed by atoms with van der Waals surface area (Å²) < 4.78 is 42.2. The normalized spacial score (nSPS) is 22.0. The summed E-state index contributed by atoms with van der Waals surface area (Å²) in [5.74, 6) is 0.702. The number of aromatic nitrogens is 3. The van der Waals surface area contributed by atoms with Gasteiger partial charge in [-0.25, -0.2) is 9.78 Å². The molecule has 14 heteroatoms. The van der Waals surface area contributed by atoms with Crippen molar-refractivity contribution in [2.75, 3.05) is 23.4 Å². The van der Waals surface area contributed by atoms with Gasteiger partial charge in [-0.1, -0.05) is 0 Å². The highest BCUT2D eigenvalue weighted by molar-refractivity contribution is 5.95. The van der Waals surface area contributed by atoms with Crippen LogP contribution < -0.4 is 30.6 Å². The van der Waals surface area contributed by atoms with Crippen molar-refractivity contribution < 1.29 is 32.6 Å². The fraction of sp³-hybridized carbons (Fsp3) is 0.423. The molecule has 0 aromatic carbocycles. The molecule has 5 heterocycles. The summed E-state index contributed by atoms with van der Waals surface area (Å²) in [6.45, 7) is -2.11. The van der Waals surface area contributed by atoms with Gasteiger partial charge in [-0.2, -0.15) is 8.78 Å². The molecule has 3 atom stereocenters.